The fourth-order valence-electron chi connectivity index (χ4n) is 2.59. The van der Waals surface area contributed by atoms with Crippen LogP contribution in [0.5, 0.6) is 11.5 Å². The number of rotatable bonds is 6. The van der Waals surface area contributed by atoms with Crippen molar-refractivity contribution in [1.82, 2.24) is 4.90 Å². The molecule has 1 fully saturated rings. The van der Waals surface area contributed by atoms with Gasteiger partial charge in [0.2, 0.25) is 0 Å². The van der Waals surface area contributed by atoms with E-state index in [-0.39, 0.29) is 5.91 Å². The summed E-state index contributed by atoms with van der Waals surface area (Å²) in [6.45, 7) is 3.06. The monoisotopic (exact) mass is 333 g/mol. The van der Waals surface area contributed by atoms with Crippen molar-refractivity contribution in [2.45, 2.75) is 25.9 Å². The van der Waals surface area contributed by atoms with Gasteiger partial charge in [-0.05, 0) is 44.0 Å². The molecule has 2 rings (SSSR count). The van der Waals surface area contributed by atoms with E-state index in [0.29, 0.717) is 17.1 Å². The zero-order valence-electron chi connectivity index (χ0n) is 14.3. The summed E-state index contributed by atoms with van der Waals surface area (Å²) in [4.78, 5) is 25.8. The highest BCUT2D eigenvalue weighted by atomic mass is 16.5. The van der Waals surface area contributed by atoms with Gasteiger partial charge in [-0.15, -0.1) is 0 Å². The summed E-state index contributed by atoms with van der Waals surface area (Å²) in [5, 5.41) is 0. The van der Waals surface area contributed by atoms with E-state index in [1.165, 1.54) is 6.08 Å². The molecule has 6 heteroatoms. The summed E-state index contributed by atoms with van der Waals surface area (Å²) in [5.41, 5.74) is 0.687. The maximum Gasteiger partial charge on any atom is 0.331 e. The van der Waals surface area contributed by atoms with Gasteiger partial charge in [-0.1, -0.05) is 0 Å². The second kappa shape index (κ2) is 8.38. The fourth-order valence-corrected chi connectivity index (χ4v) is 2.59. The van der Waals surface area contributed by atoms with Gasteiger partial charge >= 0.3 is 5.97 Å². The smallest absolute Gasteiger partial charge is 0.331 e. The molecule has 0 spiro atoms. The first-order valence-electron chi connectivity index (χ1n) is 7.94. The van der Waals surface area contributed by atoms with Crippen molar-refractivity contribution in [3.8, 4) is 11.5 Å². The predicted octanol–water partition coefficient (Wildman–Crippen LogP) is 2.27. The first kappa shape index (κ1) is 17.8. The number of ether oxygens (including phenoxy) is 3. The van der Waals surface area contributed by atoms with E-state index in [1.807, 2.05) is 0 Å². The van der Waals surface area contributed by atoms with Crippen molar-refractivity contribution < 1.29 is 23.8 Å². The number of carbonyl (C=O) groups excluding carboxylic acids is 2. The number of likely N-dealkylation sites (tertiary alicyclic amines) is 1. The second-order valence-corrected chi connectivity index (χ2v) is 5.55. The van der Waals surface area contributed by atoms with E-state index >= 15 is 0 Å². The lowest BCUT2D eigenvalue weighted by Gasteiger charge is -2.19. The number of hydrogen-bond donors (Lipinski definition) is 0. The minimum atomic E-state index is -0.785. The highest BCUT2D eigenvalue weighted by Gasteiger charge is 2.25. The van der Waals surface area contributed by atoms with Gasteiger partial charge < -0.3 is 19.1 Å². The van der Waals surface area contributed by atoms with Crippen molar-refractivity contribution in [3.63, 3.8) is 0 Å². The van der Waals surface area contributed by atoms with Crippen molar-refractivity contribution >= 4 is 18.0 Å². The van der Waals surface area contributed by atoms with Crippen LogP contribution in [0.2, 0.25) is 0 Å². The summed E-state index contributed by atoms with van der Waals surface area (Å²) < 4.78 is 15.6. The molecule has 0 N–H and O–H groups in total. The van der Waals surface area contributed by atoms with Crippen LogP contribution in [0.15, 0.2) is 24.3 Å². The first-order valence-corrected chi connectivity index (χ1v) is 7.94. The molecule has 0 aromatic heterocycles. The van der Waals surface area contributed by atoms with E-state index in [2.05, 4.69) is 0 Å². The number of carbonyl (C=O) groups is 2. The van der Waals surface area contributed by atoms with E-state index in [9.17, 15) is 9.59 Å². The van der Waals surface area contributed by atoms with Crippen LogP contribution in [0.4, 0.5) is 0 Å². The van der Waals surface area contributed by atoms with Crippen LogP contribution in [0, 0.1) is 0 Å². The molecule has 1 aliphatic heterocycles. The van der Waals surface area contributed by atoms with Crippen molar-refractivity contribution in [2.24, 2.45) is 0 Å². The van der Waals surface area contributed by atoms with Crippen molar-refractivity contribution in [2.75, 3.05) is 27.3 Å². The molecule has 1 unspecified atom stereocenters. The molecule has 1 saturated heterocycles. The minimum absolute atomic E-state index is 0.145. The van der Waals surface area contributed by atoms with Crippen LogP contribution < -0.4 is 9.47 Å². The van der Waals surface area contributed by atoms with Gasteiger partial charge in [0.05, 0.1) is 14.2 Å². The van der Waals surface area contributed by atoms with Gasteiger partial charge in [-0.3, -0.25) is 4.79 Å². The molecule has 1 atom stereocenters. The van der Waals surface area contributed by atoms with Crippen molar-refractivity contribution in [3.05, 3.63) is 29.8 Å². The predicted molar refractivity (Wildman–Crippen MR) is 89.9 cm³/mol. The van der Waals surface area contributed by atoms with Crippen LogP contribution in [-0.4, -0.2) is 50.2 Å². The van der Waals surface area contributed by atoms with E-state index < -0.39 is 12.1 Å². The first-order chi connectivity index (χ1) is 11.5. The molecule has 6 nitrogen and oxygen atoms in total. The number of methoxy groups -OCH3 is 2. The second-order valence-electron chi connectivity index (χ2n) is 5.55. The third-order valence-corrected chi connectivity index (χ3v) is 3.89. The Hall–Kier alpha value is -2.50. The van der Waals surface area contributed by atoms with E-state index in [1.54, 1.807) is 50.3 Å². The van der Waals surface area contributed by atoms with Crippen molar-refractivity contribution in [1.29, 1.82) is 0 Å². The van der Waals surface area contributed by atoms with Gasteiger partial charge in [0.15, 0.2) is 6.10 Å². The lowest BCUT2D eigenvalue weighted by atomic mass is 10.1. The molecule has 130 valence electrons. The van der Waals surface area contributed by atoms with Gasteiger partial charge in [-0.25, -0.2) is 4.79 Å². The fraction of sp³-hybridized carbons (Fsp3) is 0.444. The lowest BCUT2D eigenvalue weighted by molar-refractivity contribution is -0.154. The topological polar surface area (TPSA) is 65.1 Å². The normalized spacial score (nSPS) is 15.4. The van der Waals surface area contributed by atoms with E-state index in [4.69, 9.17) is 14.2 Å². The molecule has 0 radical (unpaired) electrons. The maximum atomic E-state index is 12.1. The summed E-state index contributed by atoms with van der Waals surface area (Å²) in [6.07, 6.45) is 4.08. The maximum absolute atomic E-state index is 12.1. The Morgan fingerprint density at radius 3 is 2.50 bits per heavy atom. The quantitative estimate of drug-likeness (QED) is 0.590. The third-order valence-electron chi connectivity index (χ3n) is 3.89. The SMILES string of the molecule is COc1ccc(OC)c(/C=C/C(=O)OC(C)C(=O)N2CCCC2)c1. The van der Waals surface area contributed by atoms with Crippen LogP contribution in [0.25, 0.3) is 6.08 Å². The van der Waals surface area contributed by atoms with Crippen LogP contribution in [0.3, 0.4) is 0 Å². The summed E-state index contributed by atoms with van der Waals surface area (Å²) in [7, 11) is 3.11. The van der Waals surface area contributed by atoms with Gasteiger partial charge in [0.25, 0.3) is 5.91 Å². The molecule has 24 heavy (non-hydrogen) atoms. The Morgan fingerprint density at radius 1 is 1.17 bits per heavy atom. The molecule has 0 saturated carbocycles. The number of hydrogen-bond acceptors (Lipinski definition) is 5. The minimum Gasteiger partial charge on any atom is -0.497 e. The molecule has 1 aliphatic rings. The Kier molecular flexibility index (Phi) is 6.23. The average molecular weight is 333 g/mol. The van der Waals surface area contributed by atoms with Crippen LogP contribution >= 0.6 is 0 Å². The average Bonchev–Trinajstić information content (AvgIpc) is 3.13. The molecule has 1 aromatic rings. The van der Waals surface area contributed by atoms with Crippen LogP contribution in [0.1, 0.15) is 25.3 Å². The molecule has 0 aliphatic carbocycles. The summed E-state index contributed by atoms with van der Waals surface area (Å²) in [5.74, 6) is 0.551. The Balaban J connectivity index is 1.98. The summed E-state index contributed by atoms with van der Waals surface area (Å²) >= 11 is 0. The highest BCUT2D eigenvalue weighted by molar-refractivity contribution is 5.90. The molecular formula is C18H23NO5. The standard InChI is InChI=1S/C18H23NO5/c1-13(18(21)19-10-4-5-11-19)24-17(20)9-6-14-12-15(22-2)7-8-16(14)23-3/h6-9,12-13H,4-5,10-11H2,1-3H3/b9-6+. The zero-order chi connectivity index (χ0) is 17.5. The van der Waals surface area contributed by atoms with Gasteiger partial charge in [0, 0.05) is 24.7 Å². The number of benzene rings is 1. The molecule has 1 amide bonds. The number of nitrogens with zero attached hydrogens (tertiary/aromatic N) is 1. The van der Waals surface area contributed by atoms with E-state index in [0.717, 1.165) is 25.9 Å². The highest BCUT2D eigenvalue weighted by Crippen LogP contribution is 2.25. The molecule has 1 aromatic carbocycles. The molecule has 0 bridgehead atoms. The largest absolute Gasteiger partial charge is 0.497 e. The van der Waals surface area contributed by atoms with Gasteiger partial charge in [0.1, 0.15) is 11.5 Å². The third kappa shape index (κ3) is 4.50. The number of amides is 1. The lowest BCUT2D eigenvalue weighted by Crippen LogP contribution is -2.37. The summed E-state index contributed by atoms with van der Waals surface area (Å²) in [6, 6.07) is 5.27. The Morgan fingerprint density at radius 2 is 1.88 bits per heavy atom. The Labute approximate surface area is 142 Å². The van der Waals surface area contributed by atoms with Gasteiger partial charge in [-0.2, -0.15) is 0 Å². The Bertz CT molecular complexity index is 620. The van der Waals surface area contributed by atoms with Crippen LogP contribution in [-0.2, 0) is 14.3 Å². The molecule has 1 heterocycles. The zero-order valence-corrected chi connectivity index (χ0v) is 14.3. The molecular weight excluding hydrogens is 310 g/mol. The number of esters is 1.